The van der Waals surface area contributed by atoms with Crippen LogP contribution in [0.3, 0.4) is 0 Å². The van der Waals surface area contributed by atoms with Gasteiger partial charge in [-0.2, -0.15) is 4.98 Å². The van der Waals surface area contributed by atoms with Crippen molar-refractivity contribution in [2.75, 3.05) is 12.8 Å². The van der Waals surface area contributed by atoms with Crippen LogP contribution in [0.4, 0.5) is 10.1 Å². The summed E-state index contributed by atoms with van der Waals surface area (Å²) in [5.41, 5.74) is 6.09. The van der Waals surface area contributed by atoms with Crippen LogP contribution in [-0.4, -0.2) is 17.3 Å². The van der Waals surface area contributed by atoms with Crippen LogP contribution < -0.4 is 5.73 Å². The topological polar surface area (TPSA) is 74.2 Å². The number of methoxy groups -OCH3 is 1. The summed E-state index contributed by atoms with van der Waals surface area (Å²) in [6.07, 6.45) is 0. The molecule has 0 radical (unpaired) electrons. The highest BCUT2D eigenvalue weighted by atomic mass is 19.1. The highest BCUT2D eigenvalue weighted by Crippen LogP contribution is 2.20. The molecule has 0 unspecified atom stereocenters. The lowest BCUT2D eigenvalue weighted by Crippen LogP contribution is -1.92. The average molecular weight is 223 g/mol. The molecule has 1 aromatic carbocycles. The van der Waals surface area contributed by atoms with Crippen molar-refractivity contribution in [2.45, 2.75) is 6.61 Å². The Bertz CT molecular complexity index is 499. The van der Waals surface area contributed by atoms with Crippen LogP contribution in [0, 0.1) is 5.82 Å². The first-order chi connectivity index (χ1) is 7.70. The summed E-state index contributed by atoms with van der Waals surface area (Å²) >= 11 is 0. The number of halogens is 1. The molecule has 2 aromatic rings. The number of ether oxygens (including phenoxy) is 1. The lowest BCUT2D eigenvalue weighted by Gasteiger charge is -1.97. The van der Waals surface area contributed by atoms with Gasteiger partial charge in [-0.05, 0) is 18.2 Å². The number of anilines is 1. The summed E-state index contributed by atoms with van der Waals surface area (Å²) in [5.74, 6) is 0.253. The monoisotopic (exact) mass is 223 g/mol. The Morgan fingerprint density at radius 1 is 1.50 bits per heavy atom. The highest BCUT2D eigenvalue weighted by molar-refractivity contribution is 5.60. The summed E-state index contributed by atoms with van der Waals surface area (Å²) < 4.78 is 22.7. The third-order valence-electron chi connectivity index (χ3n) is 1.99. The Labute approximate surface area is 91.0 Å². The quantitative estimate of drug-likeness (QED) is 0.800. The third kappa shape index (κ3) is 2.01. The van der Waals surface area contributed by atoms with Gasteiger partial charge in [-0.1, -0.05) is 5.16 Å². The van der Waals surface area contributed by atoms with E-state index in [-0.39, 0.29) is 12.3 Å². The Hall–Kier alpha value is -1.95. The maximum Gasteiger partial charge on any atom is 0.252 e. The van der Waals surface area contributed by atoms with Crippen LogP contribution in [0.2, 0.25) is 0 Å². The first-order valence-electron chi connectivity index (χ1n) is 4.57. The fourth-order valence-corrected chi connectivity index (χ4v) is 1.24. The molecule has 0 spiro atoms. The van der Waals surface area contributed by atoms with Gasteiger partial charge in [-0.25, -0.2) is 4.39 Å². The van der Waals surface area contributed by atoms with E-state index in [1.54, 1.807) is 0 Å². The molecule has 84 valence electrons. The smallest absolute Gasteiger partial charge is 0.252 e. The second-order valence-electron chi connectivity index (χ2n) is 3.18. The third-order valence-corrected chi connectivity index (χ3v) is 1.99. The van der Waals surface area contributed by atoms with E-state index in [0.29, 0.717) is 17.3 Å². The van der Waals surface area contributed by atoms with Crippen LogP contribution >= 0.6 is 0 Å². The number of nitrogen functional groups attached to an aromatic ring is 1. The van der Waals surface area contributed by atoms with E-state index in [1.807, 2.05) is 0 Å². The van der Waals surface area contributed by atoms with E-state index in [4.69, 9.17) is 15.0 Å². The van der Waals surface area contributed by atoms with Gasteiger partial charge in [0.15, 0.2) is 0 Å². The Morgan fingerprint density at radius 3 is 3.00 bits per heavy atom. The van der Waals surface area contributed by atoms with Gasteiger partial charge >= 0.3 is 0 Å². The van der Waals surface area contributed by atoms with Crippen molar-refractivity contribution in [2.24, 2.45) is 0 Å². The van der Waals surface area contributed by atoms with Crippen LogP contribution in [0.5, 0.6) is 0 Å². The molecule has 0 atom stereocenters. The van der Waals surface area contributed by atoms with Gasteiger partial charge < -0.3 is 15.0 Å². The van der Waals surface area contributed by atoms with Crippen molar-refractivity contribution in [1.82, 2.24) is 10.1 Å². The molecule has 0 bridgehead atoms. The molecule has 6 heteroatoms. The van der Waals surface area contributed by atoms with Gasteiger partial charge in [0.05, 0.1) is 5.69 Å². The van der Waals surface area contributed by atoms with Crippen molar-refractivity contribution in [3.8, 4) is 11.4 Å². The van der Waals surface area contributed by atoms with E-state index in [0.717, 1.165) is 0 Å². The lowest BCUT2D eigenvalue weighted by molar-refractivity contribution is 0.151. The van der Waals surface area contributed by atoms with E-state index in [2.05, 4.69) is 10.1 Å². The maximum absolute atomic E-state index is 12.9. The number of hydrogen-bond acceptors (Lipinski definition) is 5. The molecule has 0 fully saturated rings. The van der Waals surface area contributed by atoms with E-state index in [9.17, 15) is 4.39 Å². The number of nitrogens with two attached hydrogens (primary N) is 1. The summed E-state index contributed by atoms with van der Waals surface area (Å²) in [4.78, 5) is 4.06. The zero-order valence-corrected chi connectivity index (χ0v) is 8.61. The highest BCUT2D eigenvalue weighted by Gasteiger charge is 2.09. The minimum absolute atomic E-state index is 0.0515. The minimum atomic E-state index is -0.468. The Morgan fingerprint density at radius 2 is 2.31 bits per heavy atom. The van der Waals surface area contributed by atoms with Crippen molar-refractivity contribution in [1.29, 1.82) is 0 Å². The molecule has 0 saturated carbocycles. The zero-order valence-electron chi connectivity index (χ0n) is 8.61. The lowest BCUT2D eigenvalue weighted by atomic mass is 10.2. The number of rotatable bonds is 3. The van der Waals surface area contributed by atoms with E-state index >= 15 is 0 Å². The maximum atomic E-state index is 12.9. The largest absolute Gasteiger partial charge is 0.396 e. The molecule has 1 heterocycles. The SMILES string of the molecule is COCc1nc(-c2ccc(F)c(N)c2)no1. The predicted octanol–water partition coefficient (Wildman–Crippen LogP) is 1.60. The van der Waals surface area contributed by atoms with Gasteiger partial charge in [0.25, 0.3) is 5.89 Å². The molecule has 0 aliphatic rings. The van der Waals surface area contributed by atoms with Gasteiger partial charge in [0, 0.05) is 12.7 Å². The number of aromatic nitrogens is 2. The molecule has 1 aromatic heterocycles. The van der Waals surface area contributed by atoms with Crippen molar-refractivity contribution in [3.05, 3.63) is 29.9 Å². The van der Waals surface area contributed by atoms with Crippen LogP contribution in [-0.2, 0) is 11.3 Å². The number of nitrogens with zero attached hydrogens (tertiary/aromatic N) is 2. The molecule has 2 rings (SSSR count). The zero-order chi connectivity index (χ0) is 11.5. The molecular formula is C10H10FN3O2. The van der Waals surface area contributed by atoms with Crippen LogP contribution in [0.25, 0.3) is 11.4 Å². The molecule has 0 amide bonds. The van der Waals surface area contributed by atoms with Crippen molar-refractivity contribution >= 4 is 5.69 Å². The Kier molecular flexibility index (Phi) is 2.82. The van der Waals surface area contributed by atoms with Crippen molar-refractivity contribution in [3.63, 3.8) is 0 Å². The van der Waals surface area contributed by atoms with Crippen molar-refractivity contribution < 1.29 is 13.7 Å². The second-order valence-corrected chi connectivity index (χ2v) is 3.18. The number of benzene rings is 1. The fourth-order valence-electron chi connectivity index (χ4n) is 1.24. The summed E-state index contributed by atoms with van der Waals surface area (Å²) in [5, 5.41) is 3.73. The van der Waals surface area contributed by atoms with Gasteiger partial charge in [-0.3, -0.25) is 0 Å². The number of hydrogen-bond donors (Lipinski definition) is 1. The molecule has 2 N–H and O–H groups in total. The fraction of sp³-hybridized carbons (Fsp3) is 0.200. The standard InChI is InChI=1S/C10H10FN3O2/c1-15-5-9-13-10(14-16-9)6-2-3-7(11)8(12)4-6/h2-4H,5,12H2,1H3. The Balaban J connectivity index is 2.31. The van der Waals surface area contributed by atoms with Crippen LogP contribution in [0.15, 0.2) is 22.7 Å². The first-order valence-corrected chi connectivity index (χ1v) is 4.57. The molecule has 0 aliphatic heterocycles. The van der Waals surface area contributed by atoms with E-state index in [1.165, 1.54) is 25.3 Å². The molecule has 5 nitrogen and oxygen atoms in total. The summed E-state index contributed by atoms with van der Waals surface area (Å²) in [6.45, 7) is 0.240. The normalized spacial score (nSPS) is 10.6. The first kappa shape index (κ1) is 10.6. The molecule has 16 heavy (non-hydrogen) atoms. The molecular weight excluding hydrogens is 213 g/mol. The van der Waals surface area contributed by atoms with Gasteiger partial charge in [0.1, 0.15) is 12.4 Å². The van der Waals surface area contributed by atoms with E-state index < -0.39 is 5.82 Å². The average Bonchev–Trinajstić information content (AvgIpc) is 2.71. The predicted molar refractivity (Wildman–Crippen MR) is 54.8 cm³/mol. The second kappa shape index (κ2) is 4.28. The molecule has 0 aliphatic carbocycles. The van der Waals surface area contributed by atoms with Gasteiger partial charge in [0.2, 0.25) is 5.82 Å². The molecule has 0 saturated heterocycles. The minimum Gasteiger partial charge on any atom is -0.396 e. The van der Waals surface area contributed by atoms with Gasteiger partial charge in [-0.15, -0.1) is 0 Å². The summed E-state index contributed by atoms with van der Waals surface area (Å²) in [6, 6.07) is 4.25. The van der Waals surface area contributed by atoms with Crippen LogP contribution in [0.1, 0.15) is 5.89 Å². The summed E-state index contributed by atoms with van der Waals surface area (Å²) in [7, 11) is 1.53.